The number of rotatable bonds is 7. The molecule has 0 bridgehead atoms. The van der Waals surface area contributed by atoms with Gasteiger partial charge in [0.2, 0.25) is 5.91 Å². The molecule has 0 spiro atoms. The maximum absolute atomic E-state index is 12.0. The molecule has 1 amide bonds. The number of para-hydroxylation sites is 1. The molecule has 0 fully saturated rings. The van der Waals surface area contributed by atoms with Gasteiger partial charge >= 0.3 is 0 Å². The average molecular weight is 293 g/mol. The highest BCUT2D eigenvalue weighted by atomic mass is 32.1. The highest BCUT2D eigenvalue weighted by molar-refractivity contribution is 7.80. The molecule has 4 nitrogen and oxygen atoms in total. The molecule has 0 aliphatic heterocycles. The van der Waals surface area contributed by atoms with E-state index in [-0.39, 0.29) is 18.5 Å². The fraction of sp³-hybridized carbons (Fsp3) is 0.467. The van der Waals surface area contributed by atoms with E-state index >= 15 is 0 Å². The van der Waals surface area contributed by atoms with Gasteiger partial charge in [0.25, 0.3) is 0 Å². The standard InChI is InChI=1S/C15H23N3OS/c1-4-7-11(2)17-14(19)10-18(3)13-9-6-5-8-12(13)15(16)20/h5-6,8-9,11H,4,7,10H2,1-3H3,(H2,16,20)(H,17,19). The summed E-state index contributed by atoms with van der Waals surface area (Å²) in [5, 5.41) is 2.99. The minimum atomic E-state index is 0.00573. The van der Waals surface area contributed by atoms with Crippen LogP contribution in [0.4, 0.5) is 5.69 Å². The number of anilines is 1. The van der Waals surface area contributed by atoms with Crippen LogP contribution in [-0.4, -0.2) is 30.5 Å². The molecule has 0 aliphatic carbocycles. The van der Waals surface area contributed by atoms with Crippen LogP contribution in [0.2, 0.25) is 0 Å². The third-order valence-corrected chi connectivity index (χ3v) is 3.31. The lowest BCUT2D eigenvalue weighted by Gasteiger charge is -2.22. The highest BCUT2D eigenvalue weighted by Crippen LogP contribution is 2.18. The zero-order valence-electron chi connectivity index (χ0n) is 12.3. The largest absolute Gasteiger partial charge is 0.389 e. The Balaban J connectivity index is 2.69. The van der Waals surface area contributed by atoms with E-state index in [2.05, 4.69) is 12.2 Å². The number of thiocarbonyl (C=S) groups is 1. The van der Waals surface area contributed by atoms with Crippen LogP contribution in [0.5, 0.6) is 0 Å². The normalized spacial score (nSPS) is 11.8. The fourth-order valence-electron chi connectivity index (χ4n) is 2.14. The summed E-state index contributed by atoms with van der Waals surface area (Å²) in [6, 6.07) is 7.77. The number of amides is 1. The lowest BCUT2D eigenvalue weighted by atomic mass is 10.1. The van der Waals surface area contributed by atoms with Crippen LogP contribution >= 0.6 is 12.2 Å². The van der Waals surface area contributed by atoms with Crippen LogP contribution in [-0.2, 0) is 4.79 Å². The number of hydrogen-bond acceptors (Lipinski definition) is 3. The van der Waals surface area contributed by atoms with E-state index in [1.165, 1.54) is 0 Å². The molecule has 0 radical (unpaired) electrons. The number of nitrogens with zero attached hydrogens (tertiary/aromatic N) is 1. The van der Waals surface area contributed by atoms with Crippen LogP contribution in [0.3, 0.4) is 0 Å². The Morgan fingerprint density at radius 1 is 1.45 bits per heavy atom. The molecule has 20 heavy (non-hydrogen) atoms. The van der Waals surface area contributed by atoms with Gasteiger partial charge < -0.3 is 16.0 Å². The Bertz CT molecular complexity index is 476. The van der Waals surface area contributed by atoms with Gasteiger partial charge in [-0.2, -0.15) is 0 Å². The third kappa shape index (κ3) is 4.81. The Kier molecular flexibility index (Phi) is 6.45. The van der Waals surface area contributed by atoms with E-state index < -0.39 is 0 Å². The monoisotopic (exact) mass is 293 g/mol. The first-order valence-corrected chi connectivity index (χ1v) is 7.25. The third-order valence-electron chi connectivity index (χ3n) is 3.09. The summed E-state index contributed by atoms with van der Waals surface area (Å²) in [6.07, 6.45) is 2.04. The van der Waals surface area contributed by atoms with Crippen molar-refractivity contribution in [1.29, 1.82) is 0 Å². The van der Waals surface area contributed by atoms with E-state index in [9.17, 15) is 4.79 Å². The Labute approximate surface area is 126 Å². The molecule has 0 aliphatic rings. The van der Waals surface area contributed by atoms with E-state index in [1.807, 2.05) is 43.1 Å². The Morgan fingerprint density at radius 3 is 2.70 bits per heavy atom. The van der Waals surface area contributed by atoms with Crippen molar-refractivity contribution in [2.45, 2.75) is 32.7 Å². The van der Waals surface area contributed by atoms with Crippen LogP contribution in [0.15, 0.2) is 24.3 Å². The van der Waals surface area contributed by atoms with Gasteiger partial charge in [0.1, 0.15) is 4.99 Å². The molecule has 1 aromatic carbocycles. The van der Waals surface area contributed by atoms with Gasteiger partial charge in [0.05, 0.1) is 6.54 Å². The van der Waals surface area contributed by atoms with E-state index in [0.717, 1.165) is 24.1 Å². The smallest absolute Gasteiger partial charge is 0.239 e. The van der Waals surface area contributed by atoms with Crippen molar-refractivity contribution in [2.75, 3.05) is 18.5 Å². The van der Waals surface area contributed by atoms with Crippen molar-refractivity contribution in [1.82, 2.24) is 5.32 Å². The van der Waals surface area contributed by atoms with Gasteiger partial charge in [-0.05, 0) is 25.5 Å². The predicted octanol–water partition coefficient (Wildman–Crippen LogP) is 2.06. The molecule has 0 aromatic heterocycles. The summed E-state index contributed by atoms with van der Waals surface area (Å²) in [7, 11) is 1.86. The van der Waals surface area contributed by atoms with Crippen molar-refractivity contribution in [3.8, 4) is 0 Å². The molecule has 1 unspecified atom stereocenters. The molecule has 1 aromatic rings. The zero-order valence-corrected chi connectivity index (χ0v) is 13.2. The number of likely N-dealkylation sites (N-methyl/N-ethyl adjacent to an activating group) is 1. The van der Waals surface area contributed by atoms with Crippen molar-refractivity contribution >= 4 is 28.8 Å². The van der Waals surface area contributed by atoms with Crippen LogP contribution in [0.1, 0.15) is 32.3 Å². The van der Waals surface area contributed by atoms with Crippen LogP contribution < -0.4 is 16.0 Å². The number of nitrogens with two attached hydrogens (primary N) is 1. The number of carbonyl (C=O) groups is 1. The minimum Gasteiger partial charge on any atom is -0.389 e. The zero-order chi connectivity index (χ0) is 15.1. The van der Waals surface area contributed by atoms with E-state index in [0.29, 0.717) is 4.99 Å². The summed E-state index contributed by atoms with van der Waals surface area (Å²) in [4.78, 5) is 14.2. The summed E-state index contributed by atoms with van der Waals surface area (Å²) in [6.45, 7) is 4.41. The summed E-state index contributed by atoms with van der Waals surface area (Å²) >= 11 is 5.04. The van der Waals surface area contributed by atoms with Gasteiger partial charge in [-0.1, -0.05) is 37.7 Å². The van der Waals surface area contributed by atoms with Crippen molar-refractivity contribution in [3.05, 3.63) is 29.8 Å². The SMILES string of the molecule is CCCC(C)NC(=O)CN(C)c1ccccc1C(N)=S. The average Bonchev–Trinajstić information content (AvgIpc) is 2.38. The minimum absolute atomic E-state index is 0.00573. The van der Waals surface area contributed by atoms with Crippen LogP contribution in [0.25, 0.3) is 0 Å². The molecule has 1 rings (SSSR count). The lowest BCUT2D eigenvalue weighted by molar-refractivity contribution is -0.120. The number of hydrogen-bond donors (Lipinski definition) is 2. The number of nitrogens with one attached hydrogen (secondary N) is 1. The summed E-state index contributed by atoms with van der Waals surface area (Å²) < 4.78 is 0. The molecule has 0 saturated heterocycles. The van der Waals surface area contributed by atoms with Gasteiger partial charge in [0, 0.05) is 24.3 Å². The van der Waals surface area contributed by atoms with Gasteiger partial charge in [0.15, 0.2) is 0 Å². The summed E-state index contributed by atoms with van der Waals surface area (Å²) in [5.74, 6) is 0.00573. The molecule has 1 atom stereocenters. The first kappa shape index (κ1) is 16.4. The first-order chi connectivity index (χ1) is 9.45. The molecule has 5 heteroatoms. The topological polar surface area (TPSA) is 58.4 Å². The van der Waals surface area contributed by atoms with Crippen molar-refractivity contribution < 1.29 is 4.79 Å². The molecule has 3 N–H and O–H groups in total. The van der Waals surface area contributed by atoms with E-state index in [4.69, 9.17) is 18.0 Å². The Morgan fingerprint density at radius 2 is 2.10 bits per heavy atom. The second-order valence-corrected chi connectivity index (χ2v) is 5.43. The van der Waals surface area contributed by atoms with Gasteiger partial charge in [-0.3, -0.25) is 4.79 Å². The molecular formula is C15H23N3OS. The molecule has 110 valence electrons. The molecular weight excluding hydrogens is 270 g/mol. The summed E-state index contributed by atoms with van der Waals surface area (Å²) in [5.41, 5.74) is 7.37. The molecule has 0 saturated carbocycles. The van der Waals surface area contributed by atoms with Gasteiger partial charge in [-0.25, -0.2) is 0 Å². The predicted molar refractivity (Wildman–Crippen MR) is 88.1 cm³/mol. The maximum Gasteiger partial charge on any atom is 0.239 e. The second kappa shape index (κ2) is 7.85. The first-order valence-electron chi connectivity index (χ1n) is 6.85. The number of carbonyl (C=O) groups excluding carboxylic acids is 1. The molecule has 0 heterocycles. The fourth-order valence-corrected chi connectivity index (χ4v) is 2.31. The van der Waals surface area contributed by atoms with Crippen LogP contribution in [0, 0.1) is 0 Å². The lowest BCUT2D eigenvalue weighted by Crippen LogP contribution is -2.40. The highest BCUT2D eigenvalue weighted by Gasteiger charge is 2.13. The quantitative estimate of drug-likeness (QED) is 0.756. The number of benzene rings is 1. The van der Waals surface area contributed by atoms with E-state index in [1.54, 1.807) is 0 Å². The Hall–Kier alpha value is -1.62. The van der Waals surface area contributed by atoms with Crippen molar-refractivity contribution in [2.24, 2.45) is 5.73 Å². The second-order valence-electron chi connectivity index (χ2n) is 4.99. The maximum atomic E-state index is 12.0. The van der Waals surface area contributed by atoms with Gasteiger partial charge in [-0.15, -0.1) is 0 Å². The van der Waals surface area contributed by atoms with Crippen molar-refractivity contribution in [3.63, 3.8) is 0 Å².